The Morgan fingerprint density at radius 1 is 0.829 bits per heavy atom. The van der Waals surface area contributed by atoms with E-state index < -0.39 is 21.2 Å². The molecular formula is C23H28N2O8P2+2. The van der Waals surface area contributed by atoms with Crippen molar-refractivity contribution in [3.05, 3.63) is 58.7 Å². The second kappa shape index (κ2) is 8.96. The van der Waals surface area contributed by atoms with Crippen molar-refractivity contribution in [2.24, 2.45) is 0 Å². The second-order valence-corrected chi connectivity index (χ2v) is 12.6. The highest BCUT2D eigenvalue weighted by molar-refractivity contribution is 7.52. The molecule has 186 valence electrons. The van der Waals surface area contributed by atoms with E-state index >= 15 is 0 Å². The Morgan fingerprint density at radius 3 is 1.66 bits per heavy atom. The second-order valence-electron chi connectivity index (χ2n) is 8.91. The van der Waals surface area contributed by atoms with Crippen molar-refractivity contribution >= 4 is 27.6 Å². The van der Waals surface area contributed by atoms with Gasteiger partial charge in [0.15, 0.2) is 23.9 Å². The minimum Gasteiger partial charge on any atom is -0.341 e. The largest absolute Gasteiger partial charge is 0.704 e. The molecule has 10 nitrogen and oxygen atoms in total. The summed E-state index contributed by atoms with van der Waals surface area (Å²) >= 11 is 0. The van der Waals surface area contributed by atoms with E-state index in [1.807, 2.05) is 58.0 Å². The monoisotopic (exact) mass is 522 g/mol. The summed E-state index contributed by atoms with van der Waals surface area (Å²) in [5.41, 5.74) is 3.76. The van der Waals surface area contributed by atoms with Gasteiger partial charge in [0.2, 0.25) is 13.1 Å². The Labute approximate surface area is 203 Å². The first kappa shape index (κ1) is 24.4. The molecule has 2 atom stereocenters. The first-order valence-electron chi connectivity index (χ1n) is 11.3. The zero-order chi connectivity index (χ0) is 24.8. The quantitative estimate of drug-likeness (QED) is 0.401. The predicted molar refractivity (Wildman–Crippen MR) is 128 cm³/mol. The highest BCUT2D eigenvalue weighted by atomic mass is 31.2. The fraction of sp³-hybridized carbons (Fsp3) is 0.391. The molecule has 0 aromatic heterocycles. The Hall–Kier alpha value is -2.32. The minimum atomic E-state index is -3.49. The van der Waals surface area contributed by atoms with Gasteiger partial charge in [0, 0.05) is 13.3 Å². The lowest BCUT2D eigenvalue weighted by Gasteiger charge is -2.27. The van der Waals surface area contributed by atoms with Crippen LogP contribution in [0, 0.1) is 0 Å². The predicted octanol–water partition coefficient (Wildman–Crippen LogP) is 2.41. The molecule has 3 aliphatic rings. The first-order chi connectivity index (χ1) is 16.5. The molecule has 3 heterocycles. The van der Waals surface area contributed by atoms with Gasteiger partial charge in [-0.2, -0.15) is 0 Å². The highest BCUT2D eigenvalue weighted by Gasteiger charge is 2.68. The summed E-state index contributed by atoms with van der Waals surface area (Å²) < 4.78 is 49.5. The van der Waals surface area contributed by atoms with Crippen LogP contribution in [0.15, 0.2) is 36.4 Å². The summed E-state index contributed by atoms with van der Waals surface area (Å²) in [6.07, 6.45) is 5.05. The summed E-state index contributed by atoms with van der Waals surface area (Å²) in [7, 11) is -6.99. The van der Waals surface area contributed by atoms with Crippen molar-refractivity contribution in [3.8, 4) is 11.5 Å². The van der Waals surface area contributed by atoms with E-state index in [0.717, 1.165) is 22.3 Å². The minimum absolute atomic E-state index is 0.159. The summed E-state index contributed by atoms with van der Waals surface area (Å²) in [5.74, 6) is 1.36. The van der Waals surface area contributed by atoms with E-state index in [2.05, 4.69) is 0 Å². The molecule has 0 bridgehead atoms. The van der Waals surface area contributed by atoms with E-state index in [4.69, 9.17) is 18.5 Å². The van der Waals surface area contributed by atoms with Gasteiger partial charge in [0.05, 0.1) is 24.3 Å². The van der Waals surface area contributed by atoms with E-state index in [0.29, 0.717) is 37.4 Å². The van der Waals surface area contributed by atoms with Gasteiger partial charge >= 0.3 is 21.2 Å². The Bertz CT molecular complexity index is 1230. The highest BCUT2D eigenvalue weighted by Crippen LogP contribution is 2.39. The van der Waals surface area contributed by atoms with Crippen LogP contribution in [0.4, 0.5) is 0 Å². The third-order valence-corrected chi connectivity index (χ3v) is 7.30. The molecule has 0 radical (unpaired) electrons. The third kappa shape index (κ3) is 5.28. The molecule has 2 aromatic rings. The molecule has 0 aliphatic carbocycles. The molecule has 12 heteroatoms. The smallest absolute Gasteiger partial charge is 0.341 e. The topological polar surface area (TPSA) is 118 Å². The van der Waals surface area contributed by atoms with Gasteiger partial charge in [-0.3, -0.25) is 9.13 Å². The Balaban J connectivity index is 1.34. The number of fused-ring (bicyclic) bond motifs is 2. The lowest BCUT2D eigenvalue weighted by atomic mass is 10.1. The van der Waals surface area contributed by atoms with Crippen molar-refractivity contribution in [2.75, 3.05) is 39.6 Å². The first-order valence-corrected chi connectivity index (χ1v) is 15.3. The molecule has 5 rings (SSSR count). The van der Waals surface area contributed by atoms with Crippen molar-refractivity contribution in [1.29, 1.82) is 0 Å². The number of benzene rings is 2. The number of ether oxygens (including phenoxy) is 2. The van der Waals surface area contributed by atoms with E-state index in [1.165, 1.54) is 13.3 Å². The van der Waals surface area contributed by atoms with E-state index in [-0.39, 0.29) is 13.2 Å². The standard InChI is InChI=1S/C23H26N2O8P2/c1-34(26,27)30-11-7-17-3-5-21-19(13-17)15-24-9-10-25-16-20-14-18(8-12-31-35(2,28)29)4-6-22(20)33-23(24,25)32-21/h3-6,13-16H,7-12H2,1-2H3/p+2. The molecule has 0 amide bonds. The SMILES string of the molecule is CP(=O)(O)OCCc1ccc2c(c1)C=[N+]1CC[N+]3=Cc4cc(CCOP(C)(=O)O)ccc4OC13O2. The normalized spacial score (nSPS) is 23.2. The molecular weight excluding hydrogens is 494 g/mol. The van der Waals surface area contributed by atoms with Gasteiger partial charge in [0.25, 0.3) is 0 Å². The van der Waals surface area contributed by atoms with Gasteiger partial charge in [-0.15, -0.1) is 0 Å². The number of hydrogen-bond donors (Lipinski definition) is 2. The molecule has 2 aromatic carbocycles. The maximum atomic E-state index is 11.3. The van der Waals surface area contributed by atoms with Crippen LogP contribution in [0.25, 0.3) is 0 Å². The Kier molecular flexibility index (Phi) is 6.24. The van der Waals surface area contributed by atoms with Crippen LogP contribution in [-0.4, -0.2) is 77.0 Å². The summed E-state index contributed by atoms with van der Waals surface area (Å²) in [4.78, 5) is 18.6. The average Bonchev–Trinajstić information content (AvgIpc) is 3.11. The van der Waals surface area contributed by atoms with Crippen molar-refractivity contribution in [3.63, 3.8) is 0 Å². The number of rotatable bonds is 8. The molecule has 2 unspecified atom stereocenters. The van der Waals surface area contributed by atoms with Crippen LogP contribution in [0.2, 0.25) is 0 Å². The van der Waals surface area contributed by atoms with Crippen molar-refractivity contribution in [2.45, 2.75) is 18.9 Å². The van der Waals surface area contributed by atoms with E-state index in [9.17, 15) is 18.9 Å². The fourth-order valence-electron chi connectivity index (χ4n) is 4.39. The maximum absolute atomic E-state index is 11.3. The van der Waals surface area contributed by atoms with Crippen LogP contribution < -0.4 is 9.47 Å². The van der Waals surface area contributed by atoms with Crippen LogP contribution in [-0.2, 0) is 31.0 Å². The zero-order valence-corrected chi connectivity index (χ0v) is 21.3. The molecule has 1 saturated heterocycles. The maximum Gasteiger partial charge on any atom is 0.704 e. The van der Waals surface area contributed by atoms with Crippen LogP contribution in [0.3, 0.4) is 0 Å². The van der Waals surface area contributed by atoms with Gasteiger partial charge in [-0.25, -0.2) is 0 Å². The van der Waals surface area contributed by atoms with Gasteiger partial charge in [-0.1, -0.05) is 21.3 Å². The molecule has 3 aliphatic heterocycles. The third-order valence-electron chi connectivity index (χ3n) is 5.97. The summed E-state index contributed by atoms with van der Waals surface area (Å²) in [5, 5.41) is 0. The lowest BCUT2D eigenvalue weighted by molar-refractivity contribution is -0.855. The average molecular weight is 522 g/mol. The van der Waals surface area contributed by atoms with Crippen molar-refractivity contribution < 1.29 is 46.6 Å². The molecule has 1 spiro atoms. The Morgan fingerprint density at radius 2 is 1.26 bits per heavy atom. The van der Waals surface area contributed by atoms with Gasteiger partial charge in [-0.05, 0) is 48.2 Å². The van der Waals surface area contributed by atoms with Crippen molar-refractivity contribution in [1.82, 2.24) is 0 Å². The molecule has 0 saturated carbocycles. The summed E-state index contributed by atoms with van der Waals surface area (Å²) in [6, 6.07) is 10.5. The van der Waals surface area contributed by atoms with Gasteiger partial charge in [0.1, 0.15) is 0 Å². The van der Waals surface area contributed by atoms with Crippen LogP contribution >= 0.6 is 15.2 Å². The van der Waals surface area contributed by atoms with Crippen LogP contribution in [0.1, 0.15) is 22.3 Å². The van der Waals surface area contributed by atoms with E-state index in [1.54, 1.807) is 0 Å². The lowest BCUT2D eigenvalue weighted by Crippen LogP contribution is -2.59. The summed E-state index contributed by atoms with van der Waals surface area (Å²) in [6.45, 7) is 4.07. The number of nitrogens with zero attached hydrogens (tertiary/aromatic N) is 2. The number of hydrogen-bond acceptors (Lipinski definition) is 6. The fourth-order valence-corrected chi connectivity index (χ4v) is 5.25. The molecule has 1 fully saturated rings. The molecule has 2 N–H and O–H groups in total. The molecule has 35 heavy (non-hydrogen) atoms. The van der Waals surface area contributed by atoms with Gasteiger partial charge < -0.3 is 28.3 Å². The van der Waals surface area contributed by atoms with Crippen LogP contribution in [0.5, 0.6) is 11.5 Å². The zero-order valence-electron chi connectivity index (χ0n) is 19.5.